The van der Waals surface area contributed by atoms with Gasteiger partial charge in [-0.1, -0.05) is 12.1 Å². The van der Waals surface area contributed by atoms with Crippen molar-refractivity contribution in [3.8, 4) is 11.3 Å². The summed E-state index contributed by atoms with van der Waals surface area (Å²) in [5.41, 5.74) is 2.43. The van der Waals surface area contributed by atoms with E-state index in [0.717, 1.165) is 17.2 Å². The summed E-state index contributed by atoms with van der Waals surface area (Å²) >= 11 is 0. The van der Waals surface area contributed by atoms with E-state index in [-0.39, 0.29) is 11.3 Å². The van der Waals surface area contributed by atoms with Crippen LogP contribution in [-0.4, -0.2) is 26.0 Å². The number of aromatic nitrogens is 3. The van der Waals surface area contributed by atoms with Crippen LogP contribution in [-0.2, 0) is 5.41 Å². The van der Waals surface area contributed by atoms with E-state index < -0.39 is 23.3 Å². The van der Waals surface area contributed by atoms with E-state index in [9.17, 15) is 18.7 Å². The summed E-state index contributed by atoms with van der Waals surface area (Å²) in [6.07, 6.45) is 0. The van der Waals surface area contributed by atoms with Crippen LogP contribution in [0.5, 0.6) is 0 Å². The summed E-state index contributed by atoms with van der Waals surface area (Å²) < 4.78 is 27.3. The molecule has 0 aromatic carbocycles. The van der Waals surface area contributed by atoms with Gasteiger partial charge in [0.1, 0.15) is 5.69 Å². The highest BCUT2D eigenvalue weighted by Crippen LogP contribution is 2.34. The maximum atomic E-state index is 14.1. The molecular formula is C21H19F2N3O2. The summed E-state index contributed by atoms with van der Waals surface area (Å²) in [5, 5.41) is 9.28. The Bertz CT molecular complexity index is 1080. The number of hydrogen-bond donors (Lipinski definition) is 1. The van der Waals surface area contributed by atoms with Gasteiger partial charge in [0.15, 0.2) is 0 Å². The Balaban J connectivity index is 2.17. The van der Waals surface area contributed by atoms with Crippen LogP contribution in [0.3, 0.4) is 0 Å². The van der Waals surface area contributed by atoms with Gasteiger partial charge in [0.2, 0.25) is 11.9 Å². The molecule has 0 radical (unpaired) electrons. The van der Waals surface area contributed by atoms with Gasteiger partial charge in [0.25, 0.3) is 0 Å². The van der Waals surface area contributed by atoms with E-state index >= 15 is 0 Å². The Morgan fingerprint density at radius 2 is 1.50 bits per heavy atom. The molecule has 0 aliphatic heterocycles. The van der Waals surface area contributed by atoms with Crippen LogP contribution >= 0.6 is 0 Å². The molecule has 3 aromatic rings. The molecule has 3 heterocycles. The van der Waals surface area contributed by atoms with Gasteiger partial charge in [-0.3, -0.25) is 4.98 Å². The number of carboxylic acid groups (broad SMARTS) is 1. The van der Waals surface area contributed by atoms with E-state index in [1.165, 1.54) is 12.1 Å². The third kappa shape index (κ3) is 3.47. The topological polar surface area (TPSA) is 76.0 Å². The molecule has 0 atom stereocenters. The lowest BCUT2D eigenvalue weighted by Crippen LogP contribution is -2.26. The first-order valence-electron chi connectivity index (χ1n) is 8.63. The second-order valence-corrected chi connectivity index (χ2v) is 7.13. The normalized spacial score (nSPS) is 11.5. The van der Waals surface area contributed by atoms with Crippen LogP contribution in [0.2, 0.25) is 0 Å². The second-order valence-electron chi connectivity index (χ2n) is 7.13. The van der Waals surface area contributed by atoms with Crippen LogP contribution in [0, 0.1) is 25.7 Å². The van der Waals surface area contributed by atoms with E-state index in [4.69, 9.17) is 0 Å². The highest BCUT2D eigenvalue weighted by molar-refractivity contribution is 5.85. The molecule has 0 saturated carbocycles. The number of nitrogens with zero attached hydrogens (tertiary/aromatic N) is 3. The molecule has 0 spiro atoms. The van der Waals surface area contributed by atoms with Gasteiger partial charge in [-0.15, -0.1) is 0 Å². The third-order valence-electron chi connectivity index (χ3n) is 4.69. The summed E-state index contributed by atoms with van der Waals surface area (Å²) in [5.74, 6) is -2.96. The smallest absolute Gasteiger partial charge is 0.354 e. The third-order valence-corrected chi connectivity index (χ3v) is 4.69. The standard InChI is InChI=1S/C21H19F2N3O2/c1-11-5-8-14(13-7-10-16(22)26-19(13)23)24-17(11)21(3,4)18-12(2)6-9-15(25-18)20(27)28/h5-10H,1-4H3,(H,27,28). The zero-order valence-corrected chi connectivity index (χ0v) is 15.9. The number of carboxylic acids is 1. The van der Waals surface area contributed by atoms with Crippen molar-refractivity contribution in [2.24, 2.45) is 0 Å². The van der Waals surface area contributed by atoms with Gasteiger partial charge in [0, 0.05) is 5.41 Å². The molecule has 28 heavy (non-hydrogen) atoms. The number of rotatable bonds is 4. The quantitative estimate of drug-likeness (QED) is 0.673. The highest BCUT2D eigenvalue weighted by atomic mass is 19.1. The fraction of sp³-hybridized carbons (Fsp3) is 0.238. The maximum absolute atomic E-state index is 14.1. The highest BCUT2D eigenvalue weighted by Gasteiger charge is 2.31. The molecule has 7 heteroatoms. The van der Waals surface area contributed by atoms with Crippen molar-refractivity contribution in [1.82, 2.24) is 15.0 Å². The summed E-state index contributed by atoms with van der Waals surface area (Å²) in [7, 11) is 0. The lowest BCUT2D eigenvalue weighted by atomic mass is 9.80. The fourth-order valence-corrected chi connectivity index (χ4v) is 3.31. The largest absolute Gasteiger partial charge is 0.477 e. The van der Waals surface area contributed by atoms with Gasteiger partial charge in [0.05, 0.1) is 22.6 Å². The predicted molar refractivity (Wildman–Crippen MR) is 100 cm³/mol. The monoisotopic (exact) mass is 383 g/mol. The van der Waals surface area contributed by atoms with Crippen LogP contribution in [0.25, 0.3) is 11.3 Å². The Labute approximate surface area is 161 Å². The molecule has 0 aliphatic carbocycles. The zero-order chi connectivity index (χ0) is 20.6. The summed E-state index contributed by atoms with van der Waals surface area (Å²) in [4.78, 5) is 23.5. The molecule has 0 aliphatic rings. The van der Waals surface area contributed by atoms with Gasteiger partial charge >= 0.3 is 5.97 Å². The minimum atomic E-state index is -1.12. The first-order valence-corrected chi connectivity index (χ1v) is 8.63. The van der Waals surface area contributed by atoms with E-state index in [1.807, 2.05) is 27.7 Å². The molecule has 0 unspecified atom stereocenters. The molecule has 0 saturated heterocycles. The van der Waals surface area contributed by atoms with Crippen LogP contribution in [0.1, 0.15) is 46.9 Å². The molecule has 0 fully saturated rings. The van der Waals surface area contributed by atoms with Crippen LogP contribution in [0.15, 0.2) is 36.4 Å². The Hall–Kier alpha value is -3.22. The lowest BCUT2D eigenvalue weighted by Gasteiger charge is -2.27. The molecule has 5 nitrogen and oxygen atoms in total. The number of carbonyl (C=O) groups is 1. The van der Waals surface area contributed by atoms with E-state index in [1.54, 1.807) is 18.2 Å². The Morgan fingerprint density at radius 1 is 0.893 bits per heavy atom. The van der Waals surface area contributed by atoms with E-state index in [2.05, 4.69) is 15.0 Å². The SMILES string of the molecule is Cc1ccc(C(=O)O)nc1C(C)(C)c1nc(-c2ccc(F)nc2F)ccc1C. The van der Waals surface area contributed by atoms with Crippen molar-refractivity contribution in [3.63, 3.8) is 0 Å². The van der Waals surface area contributed by atoms with Crippen molar-refractivity contribution in [3.05, 3.63) is 76.5 Å². The number of pyridine rings is 3. The molecular weight excluding hydrogens is 364 g/mol. The maximum Gasteiger partial charge on any atom is 0.354 e. The van der Waals surface area contributed by atoms with Gasteiger partial charge in [-0.05, 0) is 63.1 Å². The molecule has 3 aromatic heterocycles. The summed E-state index contributed by atoms with van der Waals surface area (Å²) in [6.45, 7) is 7.47. The summed E-state index contributed by atoms with van der Waals surface area (Å²) in [6, 6.07) is 8.96. The van der Waals surface area contributed by atoms with Crippen molar-refractivity contribution < 1.29 is 18.7 Å². The van der Waals surface area contributed by atoms with Crippen LogP contribution in [0.4, 0.5) is 8.78 Å². The molecule has 3 rings (SSSR count). The average Bonchev–Trinajstić information content (AvgIpc) is 2.62. The number of halogens is 2. The molecule has 0 bridgehead atoms. The van der Waals surface area contributed by atoms with Crippen molar-refractivity contribution in [1.29, 1.82) is 0 Å². The molecule has 1 N–H and O–H groups in total. The average molecular weight is 383 g/mol. The minimum Gasteiger partial charge on any atom is -0.477 e. The first kappa shape index (κ1) is 19.5. The number of aromatic carboxylic acids is 1. The van der Waals surface area contributed by atoms with Crippen molar-refractivity contribution >= 4 is 5.97 Å². The lowest BCUT2D eigenvalue weighted by molar-refractivity contribution is 0.0690. The minimum absolute atomic E-state index is 0.0590. The Morgan fingerprint density at radius 3 is 2.11 bits per heavy atom. The van der Waals surface area contributed by atoms with Gasteiger partial charge < -0.3 is 5.11 Å². The van der Waals surface area contributed by atoms with Crippen molar-refractivity contribution in [2.45, 2.75) is 33.1 Å². The number of aryl methyl sites for hydroxylation is 2. The Kier molecular flexibility index (Phi) is 4.93. The first-order chi connectivity index (χ1) is 13.1. The fourth-order valence-electron chi connectivity index (χ4n) is 3.31. The molecule has 144 valence electrons. The zero-order valence-electron chi connectivity index (χ0n) is 15.9. The number of hydrogen-bond acceptors (Lipinski definition) is 4. The van der Waals surface area contributed by atoms with E-state index in [0.29, 0.717) is 17.1 Å². The van der Waals surface area contributed by atoms with Gasteiger partial charge in [-0.25, -0.2) is 9.78 Å². The molecule has 0 amide bonds. The van der Waals surface area contributed by atoms with Crippen LogP contribution < -0.4 is 0 Å². The van der Waals surface area contributed by atoms with Crippen molar-refractivity contribution in [2.75, 3.05) is 0 Å². The predicted octanol–water partition coefficient (Wildman–Crippen LogP) is 4.46. The second kappa shape index (κ2) is 7.07. The van der Waals surface area contributed by atoms with Gasteiger partial charge in [-0.2, -0.15) is 13.8 Å².